The number of hydrogen-bond donors (Lipinski definition) is 3. The molecular weight excluding hydrogens is 789 g/mol. The summed E-state index contributed by atoms with van der Waals surface area (Å²) in [5.74, 6) is 1.09. The Morgan fingerprint density at radius 2 is 1.60 bits per heavy atom. The number of H-pyrrole nitrogens is 2. The van der Waals surface area contributed by atoms with Crippen LogP contribution in [0.5, 0.6) is 0 Å². The number of ether oxygens (including phenoxy) is 1. The molecule has 1 saturated heterocycles. The minimum Gasteiger partial charge on any atom is -0.453 e. The first-order valence-electron chi connectivity index (χ1n) is 21.7. The first kappa shape index (κ1) is 42.9. The summed E-state index contributed by atoms with van der Waals surface area (Å²) in [6.45, 7) is 13.3. The Morgan fingerprint density at radius 3 is 2.29 bits per heavy atom. The predicted molar refractivity (Wildman–Crippen MR) is 247 cm³/mol. The Hall–Kier alpha value is -6.79. The Balaban J connectivity index is 0.987. The minimum absolute atomic E-state index is 0.0401. The molecule has 63 heavy (non-hydrogen) atoms. The molecule has 3 heterocycles. The lowest BCUT2D eigenvalue weighted by molar-refractivity contribution is -0.137. The summed E-state index contributed by atoms with van der Waals surface area (Å²) in [7, 11) is 5.17. The monoisotopic (exact) mass is 844 g/mol. The number of carbonyl (C=O) groups excluding carboxylic acids is 3. The molecule has 2 aliphatic rings. The number of benzene rings is 4. The van der Waals surface area contributed by atoms with Crippen molar-refractivity contribution in [2.24, 2.45) is 5.92 Å². The standard InChI is InChI=1S/C51H56N8O4/c1-8-9-24-58(49(60)45(31(2)3)56-51(62)63-7)30-44-52-29-43(53-44)38-18-21-40-37(27-38)16-15-36-26-34(17-20-39(36)40)35-19-22-41-42(28-35)55-48(54-41)46-32(4)23-25-59(46)50(61)47(57(5)6)33-13-11-10-12-14-33/h8,10-14,17-22,26-29,31,45-47H,1,4,9,15-16,23-25,30H2,2-3,5-7H3,(H,52,53)(H,54,55)(H,56,62)/t45?,46-,47?/m0/s1. The maximum atomic E-state index is 14.2. The average Bonchev–Trinajstić information content (AvgIpc) is 4.04. The fourth-order valence-corrected chi connectivity index (χ4v) is 9.04. The molecule has 2 aromatic heterocycles. The topological polar surface area (TPSA) is 140 Å². The number of amides is 3. The van der Waals surface area contributed by atoms with Crippen LogP contribution in [0.15, 0.2) is 116 Å². The van der Waals surface area contributed by atoms with Crippen LogP contribution in [0.2, 0.25) is 0 Å². The largest absolute Gasteiger partial charge is 0.453 e. The van der Waals surface area contributed by atoms with Gasteiger partial charge in [-0.2, -0.15) is 0 Å². The maximum Gasteiger partial charge on any atom is 0.407 e. The third kappa shape index (κ3) is 8.81. The molecule has 0 bridgehead atoms. The van der Waals surface area contributed by atoms with Crippen LogP contribution in [0.4, 0.5) is 4.79 Å². The van der Waals surface area contributed by atoms with E-state index in [0.29, 0.717) is 25.3 Å². The number of aryl methyl sites for hydroxylation is 2. The van der Waals surface area contributed by atoms with E-state index in [1.54, 1.807) is 11.0 Å². The quantitative estimate of drug-likeness (QED) is 0.0932. The molecule has 0 spiro atoms. The number of nitrogens with zero attached hydrogens (tertiary/aromatic N) is 5. The summed E-state index contributed by atoms with van der Waals surface area (Å²) < 4.78 is 4.78. The predicted octanol–water partition coefficient (Wildman–Crippen LogP) is 8.80. The minimum atomic E-state index is -0.735. The van der Waals surface area contributed by atoms with Crippen LogP contribution in [0.3, 0.4) is 0 Å². The Morgan fingerprint density at radius 1 is 0.921 bits per heavy atom. The number of nitrogens with one attached hydrogen (secondary N) is 3. The second-order valence-electron chi connectivity index (χ2n) is 17.2. The van der Waals surface area contributed by atoms with E-state index in [4.69, 9.17) is 9.72 Å². The molecule has 1 aliphatic carbocycles. The number of rotatable bonds is 14. The number of aromatic nitrogens is 4. The van der Waals surface area contributed by atoms with Crippen molar-refractivity contribution in [3.05, 3.63) is 144 Å². The fraction of sp³-hybridized carbons (Fsp3) is 0.314. The number of likely N-dealkylation sites (tertiary alicyclic amines) is 1. The SMILES string of the molecule is C=CCCN(Cc1ncc(-c2ccc3c(c2)CCc2cc(-c4ccc5nc([C@@H]6C(=C)CCN6C(=O)C(c6ccccc6)N(C)C)[nH]c5c4)ccc2-3)[nH]1)C(=O)C(NC(=O)OC)C(C)C. The van der Waals surface area contributed by atoms with E-state index in [9.17, 15) is 14.4 Å². The van der Waals surface area contributed by atoms with Crippen molar-refractivity contribution < 1.29 is 19.1 Å². The van der Waals surface area contributed by atoms with Gasteiger partial charge in [0.15, 0.2) is 0 Å². The van der Waals surface area contributed by atoms with E-state index in [-0.39, 0.29) is 30.3 Å². The number of hydrogen-bond acceptors (Lipinski definition) is 7. The van der Waals surface area contributed by atoms with Gasteiger partial charge >= 0.3 is 6.09 Å². The average molecular weight is 845 g/mol. The van der Waals surface area contributed by atoms with Crippen LogP contribution in [-0.2, 0) is 33.7 Å². The van der Waals surface area contributed by atoms with E-state index in [1.165, 1.54) is 29.4 Å². The zero-order valence-electron chi connectivity index (χ0n) is 36.8. The van der Waals surface area contributed by atoms with E-state index < -0.39 is 18.2 Å². The Kier molecular flexibility index (Phi) is 12.4. The van der Waals surface area contributed by atoms with Crippen LogP contribution in [-0.4, -0.2) is 92.9 Å². The van der Waals surface area contributed by atoms with Crippen LogP contribution in [0.1, 0.15) is 67.1 Å². The number of aromatic amines is 2. The van der Waals surface area contributed by atoms with Crippen molar-refractivity contribution in [1.29, 1.82) is 0 Å². The lowest BCUT2D eigenvalue weighted by Gasteiger charge is -2.31. The molecule has 3 atom stereocenters. The highest BCUT2D eigenvalue weighted by molar-refractivity contribution is 5.87. The molecule has 6 aromatic rings. The number of likely N-dealkylation sites (N-methyl/N-ethyl adjacent to an activating group) is 1. The number of carbonyl (C=O) groups is 3. The zero-order valence-corrected chi connectivity index (χ0v) is 36.8. The van der Waals surface area contributed by atoms with Gasteiger partial charge in [-0.15, -0.1) is 6.58 Å². The highest BCUT2D eigenvalue weighted by Crippen LogP contribution is 2.40. The molecule has 4 aromatic carbocycles. The van der Waals surface area contributed by atoms with E-state index >= 15 is 0 Å². The highest BCUT2D eigenvalue weighted by Gasteiger charge is 2.39. The first-order chi connectivity index (χ1) is 30.4. The Bertz CT molecular complexity index is 2680. The summed E-state index contributed by atoms with van der Waals surface area (Å²) >= 11 is 0. The molecule has 0 saturated carbocycles. The van der Waals surface area contributed by atoms with Crippen LogP contribution >= 0.6 is 0 Å². The van der Waals surface area contributed by atoms with Gasteiger partial charge in [-0.25, -0.2) is 14.8 Å². The van der Waals surface area contributed by atoms with Gasteiger partial charge < -0.3 is 29.8 Å². The molecule has 3 N–H and O–H groups in total. The molecule has 12 heteroatoms. The second-order valence-corrected chi connectivity index (χ2v) is 17.2. The zero-order chi connectivity index (χ0) is 44.4. The molecular formula is C51H56N8O4. The van der Waals surface area contributed by atoms with Gasteiger partial charge in [-0.1, -0.05) is 93.2 Å². The third-order valence-corrected chi connectivity index (χ3v) is 12.4. The number of imidazole rings is 2. The van der Waals surface area contributed by atoms with Gasteiger partial charge in [0.25, 0.3) is 0 Å². The van der Waals surface area contributed by atoms with Crippen molar-refractivity contribution in [2.45, 2.75) is 64.2 Å². The molecule has 1 fully saturated rings. The van der Waals surface area contributed by atoms with Crippen LogP contribution < -0.4 is 5.32 Å². The van der Waals surface area contributed by atoms with Crippen molar-refractivity contribution in [2.75, 3.05) is 34.3 Å². The summed E-state index contributed by atoms with van der Waals surface area (Å²) in [4.78, 5) is 62.1. The van der Waals surface area contributed by atoms with E-state index in [1.807, 2.05) is 74.3 Å². The fourth-order valence-electron chi connectivity index (χ4n) is 9.04. The van der Waals surface area contributed by atoms with Crippen molar-refractivity contribution in [3.63, 3.8) is 0 Å². The lowest BCUT2D eigenvalue weighted by atomic mass is 9.83. The summed E-state index contributed by atoms with van der Waals surface area (Å²) in [5, 5.41) is 2.69. The molecule has 324 valence electrons. The van der Waals surface area contributed by atoms with Gasteiger partial charge in [-0.05, 0) is 114 Å². The molecule has 8 rings (SSSR count). The second kappa shape index (κ2) is 18.3. The lowest BCUT2D eigenvalue weighted by Crippen LogP contribution is -2.51. The Labute approximate surface area is 369 Å². The van der Waals surface area contributed by atoms with E-state index in [0.717, 1.165) is 69.6 Å². The van der Waals surface area contributed by atoms with Gasteiger partial charge in [0.05, 0.1) is 36.6 Å². The molecule has 0 radical (unpaired) electrons. The number of fused-ring (bicyclic) bond motifs is 4. The first-order valence-corrected chi connectivity index (χ1v) is 21.7. The maximum absolute atomic E-state index is 14.2. The van der Waals surface area contributed by atoms with Gasteiger partial charge in [-0.3, -0.25) is 14.5 Å². The van der Waals surface area contributed by atoms with Crippen molar-refractivity contribution >= 4 is 28.9 Å². The van der Waals surface area contributed by atoms with Crippen molar-refractivity contribution in [1.82, 2.24) is 40.0 Å². The number of alkyl carbamates (subject to hydrolysis) is 1. The van der Waals surface area contributed by atoms with Crippen LogP contribution in [0.25, 0.3) is 44.5 Å². The van der Waals surface area contributed by atoms with Gasteiger partial charge in [0.1, 0.15) is 29.8 Å². The highest BCUT2D eigenvalue weighted by atomic mass is 16.5. The van der Waals surface area contributed by atoms with Gasteiger partial charge in [0, 0.05) is 13.1 Å². The molecule has 12 nitrogen and oxygen atoms in total. The summed E-state index contributed by atoms with van der Waals surface area (Å²) in [5.41, 5.74) is 12.9. The number of methoxy groups -OCH3 is 1. The van der Waals surface area contributed by atoms with E-state index in [2.05, 4.69) is 88.0 Å². The van der Waals surface area contributed by atoms with Gasteiger partial charge in [0.2, 0.25) is 11.8 Å². The summed E-state index contributed by atoms with van der Waals surface area (Å²) in [6, 6.07) is 28.1. The van der Waals surface area contributed by atoms with Crippen LogP contribution in [0, 0.1) is 5.92 Å². The normalized spacial score (nSPS) is 15.6. The van der Waals surface area contributed by atoms with Crippen molar-refractivity contribution in [3.8, 4) is 33.5 Å². The summed E-state index contributed by atoms with van der Waals surface area (Å²) in [6.07, 6.45) is 6.09. The molecule has 1 aliphatic heterocycles. The smallest absolute Gasteiger partial charge is 0.407 e. The molecule has 2 unspecified atom stereocenters. The molecule has 3 amide bonds. The third-order valence-electron chi connectivity index (χ3n) is 12.4.